The van der Waals surface area contributed by atoms with Crippen LogP contribution in [0.3, 0.4) is 0 Å². The molecule has 4 rings (SSSR count). The molecule has 1 aliphatic heterocycles. The van der Waals surface area contributed by atoms with E-state index in [0.717, 1.165) is 42.9 Å². The number of hydrogen-bond acceptors (Lipinski definition) is 5. The van der Waals surface area contributed by atoms with Crippen molar-refractivity contribution in [1.29, 1.82) is 0 Å². The lowest BCUT2D eigenvalue weighted by atomic mass is 9.57. The Kier molecular flexibility index (Phi) is 6.51. The summed E-state index contributed by atoms with van der Waals surface area (Å²) in [4.78, 5) is 19.1. The average Bonchev–Trinajstić information content (AvgIpc) is 3.02. The molecule has 0 radical (unpaired) electrons. The summed E-state index contributed by atoms with van der Waals surface area (Å²) in [6, 6.07) is 7.36. The predicted molar refractivity (Wildman–Crippen MR) is 114 cm³/mol. The lowest BCUT2D eigenvalue weighted by Gasteiger charge is -2.58. The number of rotatable bonds is 8. The molecule has 1 aromatic heterocycles. The second kappa shape index (κ2) is 9.03. The number of alkyl halides is 3. The molecule has 1 aliphatic carbocycles. The summed E-state index contributed by atoms with van der Waals surface area (Å²) in [6.07, 6.45) is -2.60. The van der Waals surface area contributed by atoms with Gasteiger partial charge in [-0.2, -0.15) is 13.2 Å². The molecular weight excluding hydrogens is 445 g/mol. The van der Waals surface area contributed by atoms with Crippen molar-refractivity contribution in [3.63, 3.8) is 0 Å². The fourth-order valence-electron chi connectivity index (χ4n) is 4.59. The van der Waals surface area contributed by atoms with Gasteiger partial charge in [-0.3, -0.25) is 9.69 Å². The third kappa shape index (κ3) is 5.44. The Hall–Kier alpha value is -2.10. The molecule has 2 aliphatic rings. The molecule has 2 fully saturated rings. The third-order valence-corrected chi connectivity index (χ3v) is 6.38. The first kappa shape index (κ1) is 23.1. The molecule has 1 saturated heterocycles. The van der Waals surface area contributed by atoms with E-state index in [2.05, 4.69) is 20.5 Å². The minimum absolute atomic E-state index is 0.0509. The molecule has 2 N–H and O–H groups in total. The molecule has 0 bridgehead atoms. The van der Waals surface area contributed by atoms with E-state index in [9.17, 15) is 18.0 Å². The topological polar surface area (TPSA) is 70.4 Å². The van der Waals surface area contributed by atoms with Gasteiger partial charge in [0, 0.05) is 49.2 Å². The Balaban J connectivity index is 1.17. The van der Waals surface area contributed by atoms with Crippen LogP contribution in [-0.2, 0) is 11.3 Å². The number of nitrogens with one attached hydrogen (secondary N) is 2. The fourth-order valence-corrected chi connectivity index (χ4v) is 4.72. The number of aryl methyl sites for hydroxylation is 1. The molecule has 1 saturated carbocycles. The maximum absolute atomic E-state index is 12.2. The van der Waals surface area contributed by atoms with E-state index in [-0.39, 0.29) is 30.3 Å². The lowest BCUT2D eigenvalue weighted by molar-refractivity contribution is -0.145. The van der Waals surface area contributed by atoms with Crippen LogP contribution < -0.4 is 10.6 Å². The highest BCUT2D eigenvalue weighted by molar-refractivity contribution is 6.30. The maximum Gasteiger partial charge on any atom is 0.401 e. The van der Waals surface area contributed by atoms with Crippen molar-refractivity contribution in [3.05, 3.63) is 40.7 Å². The van der Waals surface area contributed by atoms with Gasteiger partial charge < -0.3 is 15.1 Å². The van der Waals surface area contributed by atoms with Crippen molar-refractivity contribution >= 4 is 17.5 Å². The van der Waals surface area contributed by atoms with Gasteiger partial charge in [0.25, 0.3) is 0 Å². The van der Waals surface area contributed by atoms with Crippen LogP contribution in [0.15, 0.2) is 28.7 Å². The van der Waals surface area contributed by atoms with Crippen molar-refractivity contribution in [3.8, 4) is 11.5 Å². The minimum atomic E-state index is -4.23. The number of hydrogen-bond donors (Lipinski definition) is 2. The van der Waals surface area contributed by atoms with Gasteiger partial charge in [-0.1, -0.05) is 11.6 Å². The van der Waals surface area contributed by atoms with Crippen molar-refractivity contribution in [1.82, 2.24) is 20.5 Å². The number of carbonyl (C=O) groups excluding carboxylic acids is 1. The van der Waals surface area contributed by atoms with E-state index in [1.807, 2.05) is 19.1 Å². The Bertz CT molecular complexity index is 947. The summed E-state index contributed by atoms with van der Waals surface area (Å²) < 4.78 is 42.1. The standard InChI is InChI=1S/C22H26ClF3N4O2/c1-14-18(29-20(32-14)15-2-4-17(23)5-3-15)10-30-12-21(13-30)8-16(9-21)19(31)28-7-6-27-11-22(24,25)26/h2-5,16,27H,6-13H2,1H3,(H,28,31). The van der Waals surface area contributed by atoms with Crippen LogP contribution in [0.2, 0.25) is 5.02 Å². The summed E-state index contributed by atoms with van der Waals surface area (Å²) in [5.41, 5.74) is 1.96. The number of carbonyl (C=O) groups is 1. The largest absolute Gasteiger partial charge is 0.441 e. The van der Waals surface area contributed by atoms with Crippen LogP contribution in [0.5, 0.6) is 0 Å². The van der Waals surface area contributed by atoms with Gasteiger partial charge in [0.05, 0.1) is 12.2 Å². The Morgan fingerprint density at radius 1 is 1.25 bits per heavy atom. The number of nitrogens with zero attached hydrogens (tertiary/aromatic N) is 2. The zero-order valence-corrected chi connectivity index (χ0v) is 18.5. The van der Waals surface area contributed by atoms with Crippen molar-refractivity contribution in [2.45, 2.75) is 32.5 Å². The normalized spacial score (nSPS) is 18.4. The van der Waals surface area contributed by atoms with E-state index >= 15 is 0 Å². The predicted octanol–water partition coefficient (Wildman–Crippen LogP) is 3.78. The zero-order chi connectivity index (χ0) is 22.9. The summed E-state index contributed by atoms with van der Waals surface area (Å²) in [5, 5.41) is 5.66. The summed E-state index contributed by atoms with van der Waals surface area (Å²) in [5.74, 6) is 1.25. The molecule has 1 spiro atoms. The molecule has 6 nitrogen and oxygen atoms in total. The van der Waals surface area contributed by atoms with Crippen LogP contribution in [0, 0.1) is 18.3 Å². The van der Waals surface area contributed by atoms with Gasteiger partial charge in [-0.05, 0) is 49.4 Å². The van der Waals surface area contributed by atoms with Crippen LogP contribution >= 0.6 is 11.6 Å². The minimum Gasteiger partial charge on any atom is -0.441 e. The second-order valence-corrected chi connectivity index (χ2v) is 9.30. The first-order chi connectivity index (χ1) is 15.1. The highest BCUT2D eigenvalue weighted by atomic mass is 35.5. The molecule has 2 heterocycles. The van der Waals surface area contributed by atoms with E-state index in [0.29, 0.717) is 17.5 Å². The molecule has 174 valence electrons. The van der Waals surface area contributed by atoms with Gasteiger partial charge >= 0.3 is 6.18 Å². The van der Waals surface area contributed by atoms with Gasteiger partial charge in [-0.25, -0.2) is 4.98 Å². The summed E-state index contributed by atoms with van der Waals surface area (Å²) in [7, 11) is 0. The van der Waals surface area contributed by atoms with Crippen LogP contribution in [0.25, 0.3) is 11.5 Å². The van der Waals surface area contributed by atoms with Gasteiger partial charge in [-0.15, -0.1) is 0 Å². The van der Waals surface area contributed by atoms with E-state index in [4.69, 9.17) is 16.0 Å². The van der Waals surface area contributed by atoms with Gasteiger partial charge in [0.15, 0.2) is 0 Å². The molecule has 1 amide bonds. The monoisotopic (exact) mass is 470 g/mol. The van der Waals surface area contributed by atoms with Gasteiger partial charge in [0.1, 0.15) is 5.76 Å². The number of halogens is 4. The first-order valence-corrected chi connectivity index (χ1v) is 11.0. The maximum atomic E-state index is 12.2. The highest BCUT2D eigenvalue weighted by Gasteiger charge is 2.54. The molecule has 0 unspecified atom stereocenters. The number of aromatic nitrogens is 1. The Labute approximate surface area is 189 Å². The molecule has 10 heteroatoms. The highest BCUT2D eigenvalue weighted by Crippen LogP contribution is 2.52. The molecule has 2 aromatic rings. The van der Waals surface area contributed by atoms with E-state index in [1.54, 1.807) is 12.1 Å². The third-order valence-electron chi connectivity index (χ3n) is 6.13. The van der Waals surface area contributed by atoms with Crippen molar-refractivity contribution in [2.75, 3.05) is 32.7 Å². The quantitative estimate of drug-likeness (QED) is 0.574. The molecule has 32 heavy (non-hydrogen) atoms. The number of likely N-dealkylation sites (tertiary alicyclic amines) is 1. The Morgan fingerprint density at radius 2 is 1.94 bits per heavy atom. The number of benzene rings is 1. The average molecular weight is 471 g/mol. The number of amides is 1. The summed E-state index contributed by atoms with van der Waals surface area (Å²) in [6.45, 7) is 3.69. The van der Waals surface area contributed by atoms with Crippen molar-refractivity contribution < 1.29 is 22.4 Å². The fraction of sp³-hybridized carbons (Fsp3) is 0.545. The molecule has 0 atom stereocenters. The molecule has 1 aromatic carbocycles. The van der Waals surface area contributed by atoms with Crippen molar-refractivity contribution in [2.24, 2.45) is 11.3 Å². The lowest BCUT2D eigenvalue weighted by Crippen LogP contribution is -2.63. The Morgan fingerprint density at radius 3 is 2.59 bits per heavy atom. The first-order valence-electron chi connectivity index (χ1n) is 10.6. The summed E-state index contributed by atoms with van der Waals surface area (Å²) >= 11 is 5.94. The number of oxazole rings is 1. The van der Waals surface area contributed by atoms with Crippen LogP contribution in [0.4, 0.5) is 13.2 Å². The van der Waals surface area contributed by atoms with E-state index < -0.39 is 12.7 Å². The van der Waals surface area contributed by atoms with E-state index in [1.165, 1.54) is 0 Å². The smallest absolute Gasteiger partial charge is 0.401 e. The van der Waals surface area contributed by atoms with Gasteiger partial charge in [0.2, 0.25) is 11.8 Å². The van der Waals surface area contributed by atoms with Crippen LogP contribution in [-0.4, -0.2) is 54.7 Å². The second-order valence-electron chi connectivity index (χ2n) is 8.86. The zero-order valence-electron chi connectivity index (χ0n) is 17.8. The molecular formula is C22H26ClF3N4O2. The SMILES string of the molecule is Cc1oc(-c2ccc(Cl)cc2)nc1CN1CC2(CC(C(=O)NCCNCC(F)(F)F)C2)C1. The van der Waals surface area contributed by atoms with Crippen LogP contribution in [0.1, 0.15) is 24.3 Å².